The van der Waals surface area contributed by atoms with Gasteiger partial charge >= 0.3 is 0 Å². The van der Waals surface area contributed by atoms with Crippen LogP contribution in [0.4, 0.5) is 17.3 Å². The Labute approximate surface area is 119 Å². The van der Waals surface area contributed by atoms with Crippen LogP contribution in [0, 0.1) is 0 Å². The third-order valence-corrected chi connectivity index (χ3v) is 3.21. The second kappa shape index (κ2) is 5.75. The third-order valence-electron chi connectivity index (χ3n) is 2.43. The van der Waals surface area contributed by atoms with Crippen LogP contribution in [0.3, 0.4) is 0 Å². The van der Waals surface area contributed by atoms with Crippen LogP contribution in [0.2, 0.25) is 0 Å². The molecule has 100 valence electrons. The van der Waals surface area contributed by atoms with Crippen molar-refractivity contribution in [3.8, 4) is 11.5 Å². The molecule has 0 radical (unpaired) electrons. The first-order valence-corrected chi connectivity index (χ1v) is 6.19. The zero-order valence-corrected chi connectivity index (χ0v) is 12.1. The fraction of sp³-hybridized carbons (Fsp3) is 0.167. The average molecular weight is 325 g/mol. The van der Waals surface area contributed by atoms with Gasteiger partial charge in [0.1, 0.15) is 33.9 Å². The highest BCUT2D eigenvalue weighted by atomic mass is 79.9. The maximum absolute atomic E-state index is 5.70. The molecule has 0 bridgehead atoms. The van der Waals surface area contributed by atoms with E-state index >= 15 is 0 Å². The number of hydrogen-bond acceptors (Lipinski definition) is 6. The summed E-state index contributed by atoms with van der Waals surface area (Å²) in [7, 11) is 3.19. The van der Waals surface area contributed by atoms with Crippen LogP contribution >= 0.6 is 15.9 Å². The maximum Gasteiger partial charge on any atom is 0.150 e. The second-order valence-corrected chi connectivity index (χ2v) is 4.44. The van der Waals surface area contributed by atoms with Crippen molar-refractivity contribution >= 4 is 33.3 Å². The van der Waals surface area contributed by atoms with Gasteiger partial charge in [-0.15, -0.1) is 0 Å². The minimum Gasteiger partial charge on any atom is -0.497 e. The van der Waals surface area contributed by atoms with E-state index in [0.29, 0.717) is 27.6 Å². The summed E-state index contributed by atoms with van der Waals surface area (Å²) in [6, 6.07) is 5.44. The van der Waals surface area contributed by atoms with E-state index in [1.807, 2.05) is 12.1 Å². The Morgan fingerprint density at radius 2 is 1.74 bits per heavy atom. The molecule has 0 unspecified atom stereocenters. The number of methoxy groups -OCH3 is 2. The fourth-order valence-electron chi connectivity index (χ4n) is 1.49. The van der Waals surface area contributed by atoms with Crippen LogP contribution in [-0.4, -0.2) is 24.2 Å². The molecule has 0 spiro atoms. The Kier molecular flexibility index (Phi) is 4.06. The molecule has 1 aromatic heterocycles. The molecular weight excluding hydrogens is 312 g/mol. The van der Waals surface area contributed by atoms with Crippen LogP contribution in [0.1, 0.15) is 0 Å². The smallest absolute Gasteiger partial charge is 0.150 e. The lowest BCUT2D eigenvalue weighted by atomic mass is 10.2. The SMILES string of the molecule is COc1cc(Nc2ncnc(N)c2Br)cc(OC)c1. The minimum atomic E-state index is 0.368. The Bertz CT molecular complexity index is 570. The lowest BCUT2D eigenvalue weighted by Gasteiger charge is -2.11. The van der Waals surface area contributed by atoms with Gasteiger partial charge in [0.25, 0.3) is 0 Å². The Balaban J connectivity index is 2.34. The molecule has 0 aliphatic heterocycles. The number of anilines is 3. The van der Waals surface area contributed by atoms with Crippen LogP contribution in [0.5, 0.6) is 11.5 Å². The van der Waals surface area contributed by atoms with E-state index < -0.39 is 0 Å². The molecule has 0 aliphatic rings. The molecule has 0 atom stereocenters. The van der Waals surface area contributed by atoms with Crippen LogP contribution in [0.25, 0.3) is 0 Å². The monoisotopic (exact) mass is 324 g/mol. The standard InChI is InChI=1S/C12H13BrN4O2/c1-18-8-3-7(4-9(5-8)19-2)17-12-10(13)11(14)15-6-16-12/h3-6H,1-2H3,(H3,14,15,16,17). The molecule has 0 saturated heterocycles. The summed E-state index contributed by atoms with van der Waals surface area (Å²) in [6.07, 6.45) is 1.39. The Morgan fingerprint density at radius 1 is 1.11 bits per heavy atom. The number of halogens is 1. The van der Waals surface area contributed by atoms with Gasteiger partial charge < -0.3 is 20.5 Å². The summed E-state index contributed by atoms with van der Waals surface area (Å²) >= 11 is 3.33. The van der Waals surface area contributed by atoms with Gasteiger partial charge in [-0.2, -0.15) is 0 Å². The minimum absolute atomic E-state index is 0.368. The summed E-state index contributed by atoms with van der Waals surface area (Å²) in [5, 5.41) is 3.12. The van der Waals surface area contributed by atoms with Crippen LogP contribution in [-0.2, 0) is 0 Å². The van der Waals surface area contributed by atoms with Crippen molar-refractivity contribution in [1.29, 1.82) is 0 Å². The second-order valence-electron chi connectivity index (χ2n) is 3.65. The lowest BCUT2D eigenvalue weighted by Crippen LogP contribution is -2.00. The van der Waals surface area contributed by atoms with Crippen molar-refractivity contribution in [3.63, 3.8) is 0 Å². The molecule has 3 N–H and O–H groups in total. The topological polar surface area (TPSA) is 82.3 Å². The predicted molar refractivity (Wildman–Crippen MR) is 77.0 cm³/mol. The fourth-order valence-corrected chi connectivity index (χ4v) is 1.79. The van der Waals surface area contributed by atoms with Gasteiger partial charge in [-0.25, -0.2) is 9.97 Å². The first kappa shape index (κ1) is 13.4. The number of aromatic nitrogens is 2. The summed E-state index contributed by atoms with van der Waals surface area (Å²) < 4.78 is 11.0. The average Bonchev–Trinajstić information content (AvgIpc) is 2.43. The van der Waals surface area contributed by atoms with Gasteiger partial charge in [-0.3, -0.25) is 0 Å². The number of ether oxygens (including phenoxy) is 2. The molecule has 0 fully saturated rings. The van der Waals surface area contributed by atoms with Gasteiger partial charge in [-0.05, 0) is 15.9 Å². The summed E-state index contributed by atoms with van der Waals surface area (Å²) in [5.41, 5.74) is 6.47. The number of nitrogens with one attached hydrogen (secondary N) is 1. The van der Waals surface area contributed by atoms with Gasteiger partial charge in [0.2, 0.25) is 0 Å². The number of nitrogens with zero attached hydrogens (tertiary/aromatic N) is 2. The molecule has 1 aromatic carbocycles. The van der Waals surface area contributed by atoms with E-state index in [9.17, 15) is 0 Å². The van der Waals surface area contributed by atoms with E-state index in [1.165, 1.54) is 6.33 Å². The molecule has 0 saturated carbocycles. The highest BCUT2D eigenvalue weighted by molar-refractivity contribution is 9.10. The number of nitrogen functional groups attached to an aromatic ring is 1. The summed E-state index contributed by atoms with van der Waals surface area (Å²) in [4.78, 5) is 7.99. The van der Waals surface area contributed by atoms with Crippen molar-refractivity contribution in [2.75, 3.05) is 25.3 Å². The van der Waals surface area contributed by atoms with E-state index in [2.05, 4.69) is 31.2 Å². The zero-order chi connectivity index (χ0) is 13.8. The third kappa shape index (κ3) is 3.05. The highest BCUT2D eigenvalue weighted by Crippen LogP contribution is 2.31. The van der Waals surface area contributed by atoms with Gasteiger partial charge in [0.05, 0.1) is 14.2 Å². The van der Waals surface area contributed by atoms with Gasteiger partial charge in [0, 0.05) is 23.9 Å². The van der Waals surface area contributed by atoms with Crippen LogP contribution < -0.4 is 20.5 Å². The normalized spacial score (nSPS) is 10.1. The van der Waals surface area contributed by atoms with Crippen molar-refractivity contribution in [3.05, 3.63) is 29.0 Å². The summed E-state index contributed by atoms with van der Waals surface area (Å²) in [5.74, 6) is 2.30. The van der Waals surface area contributed by atoms with Crippen molar-refractivity contribution in [2.24, 2.45) is 0 Å². The van der Waals surface area contributed by atoms with Gasteiger partial charge in [-0.1, -0.05) is 0 Å². The molecule has 0 aliphatic carbocycles. The number of nitrogens with two attached hydrogens (primary N) is 1. The number of benzene rings is 1. The predicted octanol–water partition coefficient (Wildman–Crippen LogP) is 2.58. The van der Waals surface area contributed by atoms with Crippen molar-refractivity contribution in [1.82, 2.24) is 9.97 Å². The first-order valence-electron chi connectivity index (χ1n) is 5.40. The van der Waals surface area contributed by atoms with E-state index in [4.69, 9.17) is 15.2 Å². The highest BCUT2D eigenvalue weighted by Gasteiger charge is 2.08. The molecular formula is C12H13BrN4O2. The molecule has 2 rings (SSSR count). The van der Waals surface area contributed by atoms with Crippen molar-refractivity contribution in [2.45, 2.75) is 0 Å². The van der Waals surface area contributed by atoms with Gasteiger partial charge in [0.15, 0.2) is 0 Å². The largest absolute Gasteiger partial charge is 0.497 e. The maximum atomic E-state index is 5.70. The summed E-state index contributed by atoms with van der Waals surface area (Å²) in [6.45, 7) is 0. The first-order chi connectivity index (χ1) is 9.13. The number of rotatable bonds is 4. The Morgan fingerprint density at radius 3 is 2.32 bits per heavy atom. The number of hydrogen-bond donors (Lipinski definition) is 2. The molecule has 2 aromatic rings. The zero-order valence-electron chi connectivity index (χ0n) is 10.5. The molecule has 0 amide bonds. The van der Waals surface area contributed by atoms with E-state index in [-0.39, 0.29) is 0 Å². The quantitative estimate of drug-likeness (QED) is 0.899. The van der Waals surface area contributed by atoms with Crippen molar-refractivity contribution < 1.29 is 9.47 Å². The Hall–Kier alpha value is -2.02. The van der Waals surface area contributed by atoms with E-state index in [0.717, 1.165) is 5.69 Å². The lowest BCUT2D eigenvalue weighted by molar-refractivity contribution is 0.395. The van der Waals surface area contributed by atoms with E-state index in [1.54, 1.807) is 20.3 Å². The molecule has 6 nitrogen and oxygen atoms in total. The molecule has 19 heavy (non-hydrogen) atoms. The van der Waals surface area contributed by atoms with Crippen LogP contribution in [0.15, 0.2) is 29.0 Å². The molecule has 7 heteroatoms. The molecule has 1 heterocycles.